The van der Waals surface area contributed by atoms with Crippen LogP contribution in [0.2, 0.25) is 0 Å². The maximum Gasteiger partial charge on any atom is 0.0744 e. The number of hydrogen-bond donors (Lipinski definition) is 0. The molecular weight excluding hydrogens is 172 g/mol. The van der Waals surface area contributed by atoms with E-state index in [-0.39, 0.29) is 0 Å². The van der Waals surface area contributed by atoms with Gasteiger partial charge in [0, 0.05) is 11.6 Å². The van der Waals surface area contributed by atoms with Crippen LogP contribution in [0.3, 0.4) is 0 Å². The summed E-state index contributed by atoms with van der Waals surface area (Å²) in [4.78, 5) is 4.29. The van der Waals surface area contributed by atoms with Crippen molar-refractivity contribution in [3.63, 3.8) is 0 Å². The summed E-state index contributed by atoms with van der Waals surface area (Å²) in [6, 6.07) is 10.2. The summed E-state index contributed by atoms with van der Waals surface area (Å²) in [6.07, 6.45) is 2.19. The van der Waals surface area contributed by atoms with Gasteiger partial charge in [-0.3, -0.25) is 4.98 Å². The Hall–Kier alpha value is -1.88. The third-order valence-corrected chi connectivity index (χ3v) is 2.20. The summed E-state index contributed by atoms with van der Waals surface area (Å²) in [5.74, 6) is 0. The maximum absolute atomic E-state index is 8.69. The third kappa shape index (κ3) is 1.45. The largest absolute Gasteiger partial charge is 0.256 e. The van der Waals surface area contributed by atoms with Crippen molar-refractivity contribution >= 4 is 10.9 Å². The molecular formula is C12H10N2. The number of aromatic nitrogens is 1. The Morgan fingerprint density at radius 3 is 3.07 bits per heavy atom. The highest BCUT2D eigenvalue weighted by Gasteiger charge is 2.02. The normalized spacial score (nSPS) is 10.0. The average Bonchev–Trinajstić information content (AvgIpc) is 2.18. The van der Waals surface area contributed by atoms with Crippen LogP contribution in [0.1, 0.15) is 11.1 Å². The molecule has 1 aromatic heterocycles. The smallest absolute Gasteiger partial charge is 0.0744 e. The van der Waals surface area contributed by atoms with Gasteiger partial charge >= 0.3 is 0 Å². The van der Waals surface area contributed by atoms with Gasteiger partial charge in [0.25, 0.3) is 0 Å². The van der Waals surface area contributed by atoms with Crippen molar-refractivity contribution in [3.05, 3.63) is 41.6 Å². The molecule has 0 unspecified atom stereocenters. The molecule has 0 atom stereocenters. The van der Waals surface area contributed by atoms with Gasteiger partial charge in [-0.15, -0.1) is 0 Å². The van der Waals surface area contributed by atoms with E-state index in [1.54, 1.807) is 6.20 Å². The molecule has 2 rings (SSSR count). The fraction of sp³-hybridized carbons (Fsp3) is 0.167. The Kier molecular flexibility index (Phi) is 2.16. The minimum atomic E-state index is 0.426. The quantitative estimate of drug-likeness (QED) is 0.679. The number of pyridine rings is 1. The molecule has 14 heavy (non-hydrogen) atoms. The van der Waals surface area contributed by atoms with Gasteiger partial charge in [-0.25, -0.2) is 0 Å². The van der Waals surface area contributed by atoms with Crippen LogP contribution in [0.4, 0.5) is 0 Å². The van der Waals surface area contributed by atoms with Gasteiger partial charge in [0.05, 0.1) is 18.0 Å². The second-order valence-electron chi connectivity index (χ2n) is 3.33. The minimum absolute atomic E-state index is 0.426. The molecule has 2 nitrogen and oxygen atoms in total. The van der Waals surface area contributed by atoms with Gasteiger partial charge in [-0.1, -0.05) is 17.7 Å². The van der Waals surface area contributed by atoms with Gasteiger partial charge in [-0.2, -0.15) is 5.26 Å². The van der Waals surface area contributed by atoms with E-state index in [0.717, 1.165) is 16.5 Å². The van der Waals surface area contributed by atoms with Crippen LogP contribution in [0.25, 0.3) is 10.9 Å². The first-order chi connectivity index (χ1) is 6.81. The van der Waals surface area contributed by atoms with Crippen LogP contribution >= 0.6 is 0 Å². The molecule has 0 aliphatic carbocycles. The molecule has 68 valence electrons. The fourth-order valence-corrected chi connectivity index (χ4v) is 1.65. The molecule has 0 radical (unpaired) electrons. The summed E-state index contributed by atoms with van der Waals surface area (Å²) >= 11 is 0. The summed E-state index contributed by atoms with van der Waals surface area (Å²) in [5, 5.41) is 9.80. The van der Waals surface area contributed by atoms with E-state index in [1.807, 2.05) is 25.1 Å². The van der Waals surface area contributed by atoms with Gasteiger partial charge < -0.3 is 0 Å². The van der Waals surface area contributed by atoms with Crippen LogP contribution < -0.4 is 0 Å². The van der Waals surface area contributed by atoms with Crippen LogP contribution in [-0.2, 0) is 6.42 Å². The highest BCUT2D eigenvalue weighted by Crippen LogP contribution is 2.18. The number of aryl methyl sites for hydroxylation is 1. The van der Waals surface area contributed by atoms with E-state index < -0.39 is 0 Å². The molecule has 0 bridgehead atoms. The zero-order valence-electron chi connectivity index (χ0n) is 7.99. The molecule has 0 saturated carbocycles. The van der Waals surface area contributed by atoms with E-state index in [4.69, 9.17) is 5.26 Å². The predicted molar refractivity (Wildman–Crippen MR) is 55.8 cm³/mol. The van der Waals surface area contributed by atoms with E-state index in [1.165, 1.54) is 5.56 Å². The fourth-order valence-electron chi connectivity index (χ4n) is 1.65. The van der Waals surface area contributed by atoms with Crippen LogP contribution in [0.5, 0.6) is 0 Å². The maximum atomic E-state index is 8.69. The van der Waals surface area contributed by atoms with Crippen molar-refractivity contribution in [1.29, 1.82) is 5.26 Å². The summed E-state index contributed by atoms with van der Waals surface area (Å²) in [5.41, 5.74) is 3.14. The van der Waals surface area contributed by atoms with E-state index in [2.05, 4.69) is 17.1 Å². The van der Waals surface area contributed by atoms with Crippen molar-refractivity contribution in [3.8, 4) is 6.07 Å². The Bertz CT molecular complexity index is 509. The molecule has 0 spiro atoms. The predicted octanol–water partition coefficient (Wildman–Crippen LogP) is 2.61. The second kappa shape index (κ2) is 3.47. The summed E-state index contributed by atoms with van der Waals surface area (Å²) in [6.45, 7) is 2.04. The molecule has 0 amide bonds. The molecule has 0 fully saturated rings. The van der Waals surface area contributed by atoms with Crippen molar-refractivity contribution < 1.29 is 0 Å². The number of rotatable bonds is 1. The number of benzene rings is 1. The zero-order valence-corrected chi connectivity index (χ0v) is 7.99. The first kappa shape index (κ1) is 8.71. The number of nitriles is 1. The lowest BCUT2D eigenvalue weighted by Crippen LogP contribution is -1.89. The summed E-state index contributed by atoms with van der Waals surface area (Å²) < 4.78 is 0. The van der Waals surface area contributed by atoms with Crippen molar-refractivity contribution in [2.75, 3.05) is 0 Å². The lowest BCUT2D eigenvalue weighted by Gasteiger charge is -2.03. The SMILES string of the molecule is Cc1cc(CC#N)c2ncccc2c1. The highest BCUT2D eigenvalue weighted by atomic mass is 14.6. The van der Waals surface area contributed by atoms with Gasteiger partial charge in [0.15, 0.2) is 0 Å². The van der Waals surface area contributed by atoms with Crippen LogP contribution in [0.15, 0.2) is 30.5 Å². The topological polar surface area (TPSA) is 36.7 Å². The monoisotopic (exact) mass is 182 g/mol. The number of fused-ring (bicyclic) bond motifs is 1. The third-order valence-electron chi connectivity index (χ3n) is 2.20. The Morgan fingerprint density at radius 2 is 2.29 bits per heavy atom. The van der Waals surface area contributed by atoms with Gasteiger partial charge in [-0.05, 0) is 24.6 Å². The van der Waals surface area contributed by atoms with Crippen LogP contribution in [0, 0.1) is 18.3 Å². The molecule has 0 aliphatic rings. The molecule has 2 heteroatoms. The number of hydrogen-bond acceptors (Lipinski definition) is 2. The molecule has 0 aliphatic heterocycles. The van der Waals surface area contributed by atoms with Gasteiger partial charge in [0.1, 0.15) is 0 Å². The highest BCUT2D eigenvalue weighted by molar-refractivity contribution is 5.82. The van der Waals surface area contributed by atoms with E-state index in [0.29, 0.717) is 6.42 Å². The number of nitrogens with zero attached hydrogens (tertiary/aromatic N) is 2. The zero-order chi connectivity index (χ0) is 9.97. The Morgan fingerprint density at radius 1 is 1.43 bits per heavy atom. The molecule has 0 N–H and O–H groups in total. The summed E-state index contributed by atoms with van der Waals surface area (Å²) in [7, 11) is 0. The Balaban J connectivity index is 2.74. The first-order valence-electron chi connectivity index (χ1n) is 4.52. The molecule has 1 aromatic carbocycles. The van der Waals surface area contributed by atoms with Crippen molar-refractivity contribution in [1.82, 2.24) is 4.98 Å². The van der Waals surface area contributed by atoms with Gasteiger partial charge in [0.2, 0.25) is 0 Å². The first-order valence-corrected chi connectivity index (χ1v) is 4.52. The average molecular weight is 182 g/mol. The van der Waals surface area contributed by atoms with E-state index >= 15 is 0 Å². The Labute approximate surface area is 82.8 Å². The van der Waals surface area contributed by atoms with Crippen LogP contribution in [-0.4, -0.2) is 4.98 Å². The van der Waals surface area contributed by atoms with Crippen molar-refractivity contribution in [2.45, 2.75) is 13.3 Å². The second-order valence-corrected chi connectivity index (χ2v) is 3.33. The molecule has 0 saturated heterocycles. The lowest BCUT2D eigenvalue weighted by molar-refractivity contribution is 1.24. The van der Waals surface area contributed by atoms with Crippen molar-refractivity contribution in [2.24, 2.45) is 0 Å². The lowest BCUT2D eigenvalue weighted by atomic mass is 10.0. The molecule has 2 aromatic rings. The standard InChI is InChI=1S/C12H10N2/c1-9-7-10-3-2-6-14-12(10)11(8-9)4-5-13/h2-3,6-8H,4H2,1H3. The minimum Gasteiger partial charge on any atom is -0.256 e. The van der Waals surface area contributed by atoms with E-state index in [9.17, 15) is 0 Å². The molecule has 1 heterocycles.